The molecule has 2 fully saturated rings. The molecule has 0 radical (unpaired) electrons. The van der Waals surface area contributed by atoms with Crippen LogP contribution in [-0.4, -0.2) is 67.6 Å². The fraction of sp³-hybridized carbons (Fsp3) is 0.444. The molecular formula is C18H21FN6O4. The maximum Gasteiger partial charge on any atom is 0.414 e. The van der Waals surface area contributed by atoms with E-state index in [-0.39, 0.29) is 19.0 Å². The maximum absolute atomic E-state index is 14.8. The zero-order valence-corrected chi connectivity index (χ0v) is 15.9. The molecule has 0 spiro atoms. The van der Waals surface area contributed by atoms with Crippen LogP contribution < -0.4 is 20.0 Å². The number of anilines is 3. The van der Waals surface area contributed by atoms with Crippen LogP contribution in [0, 0.1) is 5.82 Å². The number of carbonyl (C=O) groups is 2. The van der Waals surface area contributed by atoms with Gasteiger partial charge in [-0.25, -0.2) is 9.18 Å². The first kappa shape index (κ1) is 19.0. The molecule has 3 heterocycles. The second kappa shape index (κ2) is 7.94. The minimum absolute atomic E-state index is 0.200. The average Bonchev–Trinajstić information content (AvgIpc) is 3.36. The Morgan fingerprint density at radius 2 is 2.03 bits per heavy atom. The van der Waals surface area contributed by atoms with E-state index < -0.39 is 18.0 Å². The Labute approximate surface area is 166 Å². The zero-order chi connectivity index (χ0) is 20.4. The first-order chi connectivity index (χ1) is 14.0. The lowest BCUT2D eigenvalue weighted by Crippen LogP contribution is -2.47. The third kappa shape index (κ3) is 4.08. The number of amides is 2. The minimum Gasteiger partial charge on any atom is -0.442 e. The highest BCUT2D eigenvalue weighted by Crippen LogP contribution is 2.29. The van der Waals surface area contributed by atoms with E-state index in [1.807, 2.05) is 9.80 Å². The van der Waals surface area contributed by atoms with Crippen LogP contribution in [-0.2, 0) is 9.53 Å². The number of carbonyl (C=O) groups excluding carboxylic acids is 2. The number of nitrogens with zero attached hydrogens (tertiary/aromatic N) is 5. The molecule has 0 unspecified atom stereocenters. The smallest absolute Gasteiger partial charge is 0.414 e. The highest BCUT2D eigenvalue weighted by atomic mass is 19.1. The third-order valence-corrected chi connectivity index (χ3v) is 4.94. The van der Waals surface area contributed by atoms with Gasteiger partial charge in [-0.3, -0.25) is 9.69 Å². The van der Waals surface area contributed by atoms with Gasteiger partial charge >= 0.3 is 12.1 Å². The van der Waals surface area contributed by atoms with Crippen molar-refractivity contribution in [1.29, 1.82) is 0 Å². The highest BCUT2D eigenvalue weighted by molar-refractivity contribution is 5.90. The quantitative estimate of drug-likeness (QED) is 0.787. The summed E-state index contributed by atoms with van der Waals surface area (Å²) < 4.78 is 25.2. The summed E-state index contributed by atoms with van der Waals surface area (Å²) in [5, 5.41) is 10.2. The Kier molecular flexibility index (Phi) is 5.19. The first-order valence-corrected chi connectivity index (χ1v) is 9.29. The van der Waals surface area contributed by atoms with E-state index in [1.54, 1.807) is 12.1 Å². The molecule has 1 aromatic heterocycles. The average molecular weight is 404 g/mol. The van der Waals surface area contributed by atoms with Gasteiger partial charge in [-0.1, -0.05) is 5.10 Å². The van der Waals surface area contributed by atoms with E-state index in [0.29, 0.717) is 43.6 Å². The summed E-state index contributed by atoms with van der Waals surface area (Å²) in [5.74, 6) is -0.610. The molecule has 11 heteroatoms. The summed E-state index contributed by atoms with van der Waals surface area (Å²) in [4.78, 5) is 28.4. The Balaban J connectivity index is 1.39. The summed E-state index contributed by atoms with van der Waals surface area (Å²) in [6.45, 7) is 4.33. The lowest BCUT2D eigenvalue weighted by Gasteiger charge is -2.35. The van der Waals surface area contributed by atoms with Gasteiger partial charge in [0.05, 0.1) is 24.5 Å². The van der Waals surface area contributed by atoms with Crippen molar-refractivity contribution in [3.63, 3.8) is 0 Å². The second-order valence-corrected chi connectivity index (χ2v) is 6.88. The molecule has 2 aliphatic heterocycles. The molecule has 0 bridgehead atoms. The van der Waals surface area contributed by atoms with Crippen molar-refractivity contribution in [2.24, 2.45) is 0 Å². The van der Waals surface area contributed by atoms with Crippen molar-refractivity contribution >= 4 is 29.4 Å². The van der Waals surface area contributed by atoms with Gasteiger partial charge in [0.15, 0.2) is 0 Å². The van der Waals surface area contributed by atoms with Crippen LogP contribution in [0.4, 0.5) is 26.6 Å². The Morgan fingerprint density at radius 1 is 1.28 bits per heavy atom. The van der Waals surface area contributed by atoms with Crippen molar-refractivity contribution in [3.05, 3.63) is 30.4 Å². The van der Waals surface area contributed by atoms with Crippen LogP contribution in [0.5, 0.6) is 0 Å². The number of hydrogen-bond acceptors (Lipinski definition) is 8. The molecule has 29 heavy (non-hydrogen) atoms. The van der Waals surface area contributed by atoms with E-state index >= 15 is 0 Å². The van der Waals surface area contributed by atoms with E-state index in [1.165, 1.54) is 24.3 Å². The minimum atomic E-state index is -0.555. The maximum atomic E-state index is 14.8. The molecule has 154 valence electrons. The van der Waals surface area contributed by atoms with Crippen LogP contribution in [0.3, 0.4) is 0 Å². The van der Waals surface area contributed by atoms with E-state index in [9.17, 15) is 14.0 Å². The molecule has 2 saturated heterocycles. The molecule has 1 N–H and O–H groups in total. The van der Waals surface area contributed by atoms with E-state index in [2.05, 4.69) is 15.5 Å². The number of aromatic nitrogens is 2. The van der Waals surface area contributed by atoms with Crippen LogP contribution in [0.2, 0.25) is 0 Å². The molecule has 10 nitrogen and oxygen atoms in total. The molecular weight excluding hydrogens is 383 g/mol. The molecule has 1 aromatic carbocycles. The van der Waals surface area contributed by atoms with Crippen LogP contribution in [0.1, 0.15) is 6.92 Å². The predicted octanol–water partition coefficient (Wildman–Crippen LogP) is 0.997. The lowest BCUT2D eigenvalue weighted by molar-refractivity contribution is -0.119. The van der Waals surface area contributed by atoms with Gasteiger partial charge in [0.1, 0.15) is 11.9 Å². The molecule has 2 amide bonds. The van der Waals surface area contributed by atoms with Crippen molar-refractivity contribution in [1.82, 2.24) is 15.5 Å². The summed E-state index contributed by atoms with van der Waals surface area (Å²) >= 11 is 0. The normalized spacial score (nSPS) is 19.4. The molecule has 0 saturated carbocycles. The fourth-order valence-electron chi connectivity index (χ4n) is 3.46. The van der Waals surface area contributed by atoms with Crippen molar-refractivity contribution in [2.45, 2.75) is 13.0 Å². The molecule has 0 aliphatic carbocycles. The fourth-order valence-corrected chi connectivity index (χ4v) is 3.46. The third-order valence-electron chi connectivity index (χ3n) is 4.94. The number of piperazine rings is 1. The summed E-state index contributed by atoms with van der Waals surface area (Å²) in [5.41, 5.74) is 0.896. The largest absolute Gasteiger partial charge is 0.442 e. The number of cyclic esters (lactones) is 1. The van der Waals surface area contributed by atoms with Gasteiger partial charge in [0.2, 0.25) is 12.3 Å². The van der Waals surface area contributed by atoms with Gasteiger partial charge in [-0.15, -0.1) is 5.10 Å². The van der Waals surface area contributed by atoms with Crippen LogP contribution in [0.15, 0.2) is 29.0 Å². The highest BCUT2D eigenvalue weighted by Gasteiger charge is 2.33. The predicted molar refractivity (Wildman–Crippen MR) is 101 cm³/mol. The van der Waals surface area contributed by atoms with Gasteiger partial charge in [-0.2, -0.15) is 0 Å². The van der Waals surface area contributed by atoms with Gasteiger partial charge < -0.3 is 24.3 Å². The Morgan fingerprint density at radius 3 is 2.69 bits per heavy atom. The first-order valence-electron chi connectivity index (χ1n) is 9.29. The standard InChI is InChI=1S/C18H21FN6O4/c1-12(26)20-9-14-10-25(18(27)29-14)13-2-3-16(15(19)8-13)23-4-6-24(7-5-23)17-22-21-11-28-17/h2-3,8,11,14H,4-7,9-10H2,1H3,(H,20,26)/t14-/m0/s1. The number of rotatable bonds is 5. The Bertz CT molecular complexity index is 884. The number of halogens is 1. The second-order valence-electron chi connectivity index (χ2n) is 6.88. The molecule has 2 aliphatic rings. The van der Waals surface area contributed by atoms with Gasteiger partial charge in [-0.05, 0) is 18.2 Å². The summed E-state index contributed by atoms with van der Waals surface area (Å²) in [7, 11) is 0. The van der Waals surface area contributed by atoms with Crippen molar-refractivity contribution in [2.75, 3.05) is 54.0 Å². The monoisotopic (exact) mass is 404 g/mol. The van der Waals surface area contributed by atoms with Crippen LogP contribution >= 0.6 is 0 Å². The SMILES string of the molecule is CC(=O)NC[C@H]1CN(c2ccc(N3CCN(c4nnco4)CC3)c(F)c2)C(=O)O1. The number of nitrogens with one attached hydrogen (secondary N) is 1. The number of benzene rings is 1. The van der Waals surface area contributed by atoms with Gasteiger partial charge in [0, 0.05) is 33.1 Å². The summed E-state index contributed by atoms with van der Waals surface area (Å²) in [6, 6.07) is 5.16. The van der Waals surface area contributed by atoms with Gasteiger partial charge in [0.25, 0.3) is 0 Å². The van der Waals surface area contributed by atoms with Crippen LogP contribution in [0.25, 0.3) is 0 Å². The van der Waals surface area contributed by atoms with E-state index in [4.69, 9.17) is 9.15 Å². The number of hydrogen-bond donors (Lipinski definition) is 1. The lowest BCUT2D eigenvalue weighted by atomic mass is 10.2. The number of ether oxygens (including phenoxy) is 1. The Hall–Kier alpha value is -3.37. The molecule has 2 aromatic rings. The summed E-state index contributed by atoms with van der Waals surface area (Å²) in [6.07, 6.45) is 0.261. The topological polar surface area (TPSA) is 104 Å². The van der Waals surface area contributed by atoms with Crippen molar-refractivity contribution < 1.29 is 23.1 Å². The zero-order valence-electron chi connectivity index (χ0n) is 15.9. The molecule has 4 rings (SSSR count). The molecule has 1 atom stereocenters. The van der Waals surface area contributed by atoms with E-state index in [0.717, 1.165) is 0 Å². The van der Waals surface area contributed by atoms with Crippen molar-refractivity contribution in [3.8, 4) is 0 Å².